The van der Waals surface area contributed by atoms with Gasteiger partial charge in [-0.1, -0.05) is 0 Å². The summed E-state index contributed by atoms with van der Waals surface area (Å²) in [6.45, 7) is 6.14. The predicted octanol–water partition coefficient (Wildman–Crippen LogP) is 1.26. The van der Waals surface area contributed by atoms with E-state index in [1.54, 1.807) is 0 Å². The SMILES string of the molecule is Cc1cc(C)nc(NC2CCCNC2)n1. The summed E-state index contributed by atoms with van der Waals surface area (Å²) in [5.74, 6) is 0.765. The Labute approximate surface area is 90.5 Å². The number of piperidine rings is 1. The molecule has 1 aromatic rings. The van der Waals surface area contributed by atoms with Crippen LogP contribution in [0, 0.1) is 13.8 Å². The number of aryl methyl sites for hydroxylation is 2. The second-order valence-electron chi connectivity index (χ2n) is 4.16. The monoisotopic (exact) mass is 206 g/mol. The molecule has 0 saturated carbocycles. The van der Waals surface area contributed by atoms with E-state index in [1.165, 1.54) is 12.8 Å². The zero-order valence-corrected chi connectivity index (χ0v) is 9.38. The number of aromatic nitrogens is 2. The normalized spacial score (nSPS) is 21.3. The van der Waals surface area contributed by atoms with Crippen LogP contribution in [0.4, 0.5) is 5.95 Å². The molecule has 15 heavy (non-hydrogen) atoms. The Morgan fingerprint density at radius 3 is 2.67 bits per heavy atom. The van der Waals surface area contributed by atoms with Gasteiger partial charge in [0.15, 0.2) is 0 Å². The van der Waals surface area contributed by atoms with Crippen LogP contribution in [-0.2, 0) is 0 Å². The van der Waals surface area contributed by atoms with Crippen molar-refractivity contribution in [3.05, 3.63) is 17.5 Å². The standard InChI is InChI=1S/C11H18N4/c1-8-6-9(2)14-11(13-8)15-10-4-3-5-12-7-10/h6,10,12H,3-5,7H2,1-2H3,(H,13,14,15). The van der Waals surface area contributed by atoms with Crippen LogP contribution in [0.5, 0.6) is 0 Å². The smallest absolute Gasteiger partial charge is 0.223 e. The number of nitrogens with zero attached hydrogens (tertiary/aromatic N) is 2. The Bertz CT molecular complexity index is 311. The van der Waals surface area contributed by atoms with Crippen molar-refractivity contribution in [3.63, 3.8) is 0 Å². The van der Waals surface area contributed by atoms with E-state index in [4.69, 9.17) is 0 Å². The largest absolute Gasteiger partial charge is 0.350 e. The van der Waals surface area contributed by atoms with Crippen molar-refractivity contribution in [1.29, 1.82) is 0 Å². The first kappa shape index (κ1) is 10.4. The van der Waals surface area contributed by atoms with Crippen LogP contribution in [0.2, 0.25) is 0 Å². The quantitative estimate of drug-likeness (QED) is 0.765. The molecule has 1 aromatic heterocycles. The first-order chi connectivity index (χ1) is 7.24. The fraction of sp³-hybridized carbons (Fsp3) is 0.636. The molecule has 0 radical (unpaired) electrons. The maximum atomic E-state index is 4.38. The Hall–Kier alpha value is -1.16. The van der Waals surface area contributed by atoms with Crippen molar-refractivity contribution in [2.75, 3.05) is 18.4 Å². The molecule has 1 atom stereocenters. The molecule has 4 nitrogen and oxygen atoms in total. The average Bonchev–Trinajstić information content (AvgIpc) is 2.17. The molecule has 0 aromatic carbocycles. The van der Waals surface area contributed by atoms with Crippen molar-refractivity contribution in [2.24, 2.45) is 0 Å². The lowest BCUT2D eigenvalue weighted by molar-refractivity contribution is 0.478. The van der Waals surface area contributed by atoms with E-state index in [9.17, 15) is 0 Å². The van der Waals surface area contributed by atoms with Gasteiger partial charge in [0.1, 0.15) is 0 Å². The van der Waals surface area contributed by atoms with Crippen LogP contribution in [0.3, 0.4) is 0 Å². The molecule has 1 unspecified atom stereocenters. The minimum atomic E-state index is 0.472. The Morgan fingerprint density at radius 1 is 1.33 bits per heavy atom. The van der Waals surface area contributed by atoms with Crippen molar-refractivity contribution in [3.8, 4) is 0 Å². The summed E-state index contributed by atoms with van der Waals surface area (Å²) in [5, 5.41) is 6.74. The molecule has 0 amide bonds. The lowest BCUT2D eigenvalue weighted by Gasteiger charge is -2.23. The molecule has 2 N–H and O–H groups in total. The average molecular weight is 206 g/mol. The van der Waals surface area contributed by atoms with Gasteiger partial charge in [0, 0.05) is 24.0 Å². The van der Waals surface area contributed by atoms with E-state index >= 15 is 0 Å². The molecule has 1 aliphatic heterocycles. The number of nitrogens with one attached hydrogen (secondary N) is 2. The summed E-state index contributed by atoms with van der Waals surface area (Å²) >= 11 is 0. The van der Waals surface area contributed by atoms with Gasteiger partial charge < -0.3 is 10.6 Å². The van der Waals surface area contributed by atoms with Gasteiger partial charge in [-0.05, 0) is 39.3 Å². The third kappa shape index (κ3) is 2.89. The van der Waals surface area contributed by atoms with Gasteiger partial charge >= 0.3 is 0 Å². The van der Waals surface area contributed by atoms with Gasteiger partial charge in [-0.25, -0.2) is 9.97 Å². The molecular weight excluding hydrogens is 188 g/mol. The van der Waals surface area contributed by atoms with Gasteiger partial charge in [0.25, 0.3) is 0 Å². The van der Waals surface area contributed by atoms with Gasteiger partial charge in [-0.2, -0.15) is 0 Å². The molecule has 82 valence electrons. The van der Waals surface area contributed by atoms with Crippen LogP contribution in [-0.4, -0.2) is 29.1 Å². The molecule has 4 heteroatoms. The highest BCUT2D eigenvalue weighted by Crippen LogP contribution is 2.09. The highest BCUT2D eigenvalue weighted by molar-refractivity contribution is 5.29. The van der Waals surface area contributed by atoms with Crippen LogP contribution < -0.4 is 10.6 Å². The van der Waals surface area contributed by atoms with E-state index in [1.807, 2.05) is 19.9 Å². The number of anilines is 1. The first-order valence-corrected chi connectivity index (χ1v) is 5.53. The number of rotatable bonds is 2. The summed E-state index contributed by atoms with van der Waals surface area (Å²) in [5.41, 5.74) is 2.04. The number of hydrogen-bond donors (Lipinski definition) is 2. The highest BCUT2D eigenvalue weighted by atomic mass is 15.1. The van der Waals surface area contributed by atoms with Crippen molar-refractivity contribution < 1.29 is 0 Å². The topological polar surface area (TPSA) is 49.8 Å². The Kier molecular flexibility index (Phi) is 3.16. The summed E-state index contributed by atoms with van der Waals surface area (Å²) in [6, 6.07) is 2.46. The minimum Gasteiger partial charge on any atom is -0.350 e. The van der Waals surface area contributed by atoms with Crippen LogP contribution in [0.25, 0.3) is 0 Å². The predicted molar refractivity (Wildman–Crippen MR) is 61.0 cm³/mol. The maximum absolute atomic E-state index is 4.38. The molecule has 1 fully saturated rings. The molecule has 0 aliphatic carbocycles. The molecule has 0 bridgehead atoms. The fourth-order valence-electron chi connectivity index (χ4n) is 1.95. The van der Waals surface area contributed by atoms with Gasteiger partial charge in [-0.15, -0.1) is 0 Å². The molecular formula is C11H18N4. The zero-order valence-electron chi connectivity index (χ0n) is 9.38. The zero-order chi connectivity index (χ0) is 10.7. The van der Waals surface area contributed by atoms with Gasteiger partial charge in [-0.3, -0.25) is 0 Å². The summed E-state index contributed by atoms with van der Waals surface area (Å²) < 4.78 is 0. The first-order valence-electron chi connectivity index (χ1n) is 5.53. The molecule has 2 rings (SSSR count). The van der Waals surface area contributed by atoms with Crippen LogP contribution in [0.1, 0.15) is 24.2 Å². The second-order valence-corrected chi connectivity index (χ2v) is 4.16. The molecule has 1 saturated heterocycles. The van der Waals surface area contributed by atoms with Crippen LogP contribution >= 0.6 is 0 Å². The molecule has 2 heterocycles. The number of hydrogen-bond acceptors (Lipinski definition) is 4. The highest BCUT2D eigenvalue weighted by Gasteiger charge is 2.13. The van der Waals surface area contributed by atoms with E-state index in [0.717, 1.165) is 30.4 Å². The van der Waals surface area contributed by atoms with E-state index in [-0.39, 0.29) is 0 Å². The van der Waals surface area contributed by atoms with E-state index in [0.29, 0.717) is 6.04 Å². The van der Waals surface area contributed by atoms with Crippen molar-refractivity contribution in [2.45, 2.75) is 32.7 Å². The fourth-order valence-corrected chi connectivity index (χ4v) is 1.95. The molecule has 1 aliphatic rings. The third-order valence-corrected chi connectivity index (χ3v) is 2.61. The minimum absolute atomic E-state index is 0.472. The summed E-state index contributed by atoms with van der Waals surface area (Å²) in [7, 11) is 0. The van der Waals surface area contributed by atoms with E-state index in [2.05, 4.69) is 20.6 Å². The second kappa shape index (κ2) is 4.57. The maximum Gasteiger partial charge on any atom is 0.223 e. The van der Waals surface area contributed by atoms with Gasteiger partial charge in [0.05, 0.1) is 0 Å². The van der Waals surface area contributed by atoms with Crippen LogP contribution in [0.15, 0.2) is 6.07 Å². The van der Waals surface area contributed by atoms with E-state index < -0.39 is 0 Å². The summed E-state index contributed by atoms with van der Waals surface area (Å²) in [6.07, 6.45) is 2.42. The Morgan fingerprint density at radius 2 is 2.07 bits per heavy atom. The lowest BCUT2D eigenvalue weighted by atomic mass is 10.1. The summed E-state index contributed by atoms with van der Waals surface area (Å²) in [4.78, 5) is 8.76. The van der Waals surface area contributed by atoms with Gasteiger partial charge in [0.2, 0.25) is 5.95 Å². The molecule has 0 spiro atoms. The Balaban J connectivity index is 2.02. The third-order valence-electron chi connectivity index (χ3n) is 2.61. The van der Waals surface area contributed by atoms with Crippen molar-refractivity contribution in [1.82, 2.24) is 15.3 Å². The van der Waals surface area contributed by atoms with Crippen molar-refractivity contribution >= 4 is 5.95 Å². The lowest BCUT2D eigenvalue weighted by Crippen LogP contribution is -2.38.